The number of carbonyl (C=O) groups is 1. The van der Waals surface area contributed by atoms with Crippen LogP contribution in [0.4, 0.5) is 11.5 Å². The van der Waals surface area contributed by atoms with Gasteiger partial charge in [-0.15, -0.1) is 0 Å². The highest BCUT2D eigenvalue weighted by Crippen LogP contribution is 2.24. The van der Waals surface area contributed by atoms with Gasteiger partial charge in [0.05, 0.1) is 0 Å². The summed E-state index contributed by atoms with van der Waals surface area (Å²) >= 11 is 6.14. The van der Waals surface area contributed by atoms with Gasteiger partial charge in [0.25, 0.3) is 5.91 Å². The third-order valence-corrected chi connectivity index (χ3v) is 5.30. The number of anilines is 2. The number of nitrogens with one attached hydrogen (secondary N) is 1. The van der Waals surface area contributed by atoms with Gasteiger partial charge in [-0.2, -0.15) is 0 Å². The van der Waals surface area contributed by atoms with Crippen molar-refractivity contribution in [2.45, 2.75) is 19.9 Å². The summed E-state index contributed by atoms with van der Waals surface area (Å²) < 4.78 is 0. The summed E-state index contributed by atoms with van der Waals surface area (Å²) in [6, 6.07) is 17.5. The lowest BCUT2D eigenvalue weighted by molar-refractivity contribution is 0.102. The molecule has 1 N–H and O–H groups in total. The number of nitrogens with zero attached hydrogens (tertiary/aromatic N) is 2. The number of aryl methyl sites for hydroxylation is 1. The van der Waals surface area contributed by atoms with Crippen LogP contribution in [0.2, 0.25) is 5.02 Å². The smallest absolute Gasteiger partial charge is 0.255 e. The van der Waals surface area contributed by atoms with Crippen LogP contribution in [0, 0.1) is 6.92 Å². The number of pyridine rings is 1. The van der Waals surface area contributed by atoms with E-state index >= 15 is 0 Å². The highest BCUT2D eigenvalue weighted by Gasteiger charge is 2.18. The van der Waals surface area contributed by atoms with Gasteiger partial charge in [-0.3, -0.25) is 4.79 Å². The minimum atomic E-state index is -0.170. The minimum absolute atomic E-state index is 0.170. The van der Waals surface area contributed by atoms with Gasteiger partial charge in [0.2, 0.25) is 0 Å². The van der Waals surface area contributed by atoms with Crippen LogP contribution in [0.3, 0.4) is 0 Å². The van der Waals surface area contributed by atoms with E-state index in [9.17, 15) is 4.79 Å². The molecule has 27 heavy (non-hydrogen) atoms. The largest absolute Gasteiger partial charge is 0.352 e. The molecule has 3 aromatic rings. The lowest BCUT2D eigenvalue weighted by Crippen LogP contribution is -2.31. The summed E-state index contributed by atoms with van der Waals surface area (Å²) in [5.41, 5.74) is 4.94. The summed E-state index contributed by atoms with van der Waals surface area (Å²) in [6.45, 7) is 3.63. The molecular formula is C22H20ClN3O. The maximum absolute atomic E-state index is 12.6. The molecule has 1 aliphatic heterocycles. The van der Waals surface area contributed by atoms with Crippen molar-refractivity contribution < 1.29 is 4.79 Å². The first-order chi connectivity index (χ1) is 13.1. The van der Waals surface area contributed by atoms with Crippen LogP contribution in [0.1, 0.15) is 27.0 Å². The Labute approximate surface area is 163 Å². The molecular weight excluding hydrogens is 358 g/mol. The van der Waals surface area contributed by atoms with Gasteiger partial charge in [-0.1, -0.05) is 41.9 Å². The van der Waals surface area contributed by atoms with Crippen LogP contribution in [0.5, 0.6) is 0 Å². The van der Waals surface area contributed by atoms with Crippen LogP contribution in [-0.4, -0.2) is 17.4 Å². The maximum Gasteiger partial charge on any atom is 0.255 e. The van der Waals surface area contributed by atoms with E-state index < -0.39 is 0 Å². The zero-order valence-corrected chi connectivity index (χ0v) is 15.8. The molecule has 2 heterocycles. The molecule has 5 heteroatoms. The fraction of sp³-hybridized carbons (Fsp3) is 0.182. The van der Waals surface area contributed by atoms with Crippen molar-refractivity contribution in [3.05, 3.63) is 88.1 Å². The first-order valence-corrected chi connectivity index (χ1v) is 9.33. The normalized spacial score (nSPS) is 13.2. The Hall–Kier alpha value is -2.85. The number of amides is 1. The number of hydrogen-bond donors (Lipinski definition) is 1. The second-order valence-electron chi connectivity index (χ2n) is 6.76. The van der Waals surface area contributed by atoms with Gasteiger partial charge in [0, 0.05) is 35.6 Å². The standard InChI is InChI=1S/C22H20ClN3O/c1-15-6-7-19(13-20(15)23)25-22(27)17-8-10-24-21(12-17)26-11-9-16-4-2-3-5-18(16)14-26/h2-8,10,12-13H,9,11,14H2,1H3,(H,25,27). The second-order valence-corrected chi connectivity index (χ2v) is 7.17. The van der Waals surface area contributed by atoms with Crippen LogP contribution >= 0.6 is 11.6 Å². The molecule has 4 nitrogen and oxygen atoms in total. The molecule has 0 radical (unpaired) electrons. The van der Waals surface area contributed by atoms with Crippen LogP contribution in [0.25, 0.3) is 0 Å². The molecule has 1 aliphatic rings. The molecule has 0 unspecified atom stereocenters. The van der Waals surface area contributed by atoms with Crippen molar-refractivity contribution in [2.24, 2.45) is 0 Å². The third kappa shape index (κ3) is 3.81. The SMILES string of the molecule is Cc1ccc(NC(=O)c2ccnc(N3CCc4ccccc4C3)c2)cc1Cl. The molecule has 1 aromatic heterocycles. The Morgan fingerprint density at radius 3 is 2.74 bits per heavy atom. The van der Waals surface area contributed by atoms with E-state index in [1.54, 1.807) is 18.3 Å². The number of rotatable bonds is 3. The summed E-state index contributed by atoms with van der Waals surface area (Å²) in [6.07, 6.45) is 2.67. The molecule has 0 spiro atoms. The quantitative estimate of drug-likeness (QED) is 0.709. The average Bonchev–Trinajstić information content (AvgIpc) is 2.70. The summed E-state index contributed by atoms with van der Waals surface area (Å²) in [5.74, 6) is 0.648. The molecule has 2 aromatic carbocycles. The fourth-order valence-electron chi connectivity index (χ4n) is 3.30. The minimum Gasteiger partial charge on any atom is -0.352 e. The Bertz CT molecular complexity index is 1000. The second kappa shape index (κ2) is 7.41. The average molecular weight is 378 g/mol. The van der Waals surface area contributed by atoms with E-state index in [1.807, 2.05) is 25.1 Å². The van der Waals surface area contributed by atoms with Crippen LogP contribution in [-0.2, 0) is 13.0 Å². The van der Waals surface area contributed by atoms with Gasteiger partial charge < -0.3 is 10.2 Å². The topological polar surface area (TPSA) is 45.2 Å². The number of fused-ring (bicyclic) bond motifs is 1. The third-order valence-electron chi connectivity index (χ3n) is 4.89. The van der Waals surface area contributed by atoms with Crippen LogP contribution in [0.15, 0.2) is 60.8 Å². The lowest BCUT2D eigenvalue weighted by atomic mass is 10.00. The van der Waals surface area contributed by atoms with E-state index in [1.165, 1.54) is 11.1 Å². The molecule has 136 valence electrons. The van der Waals surface area contributed by atoms with E-state index in [0.29, 0.717) is 16.3 Å². The van der Waals surface area contributed by atoms with E-state index in [2.05, 4.69) is 39.5 Å². The van der Waals surface area contributed by atoms with Crippen molar-refractivity contribution in [3.8, 4) is 0 Å². The van der Waals surface area contributed by atoms with Crippen molar-refractivity contribution in [1.29, 1.82) is 0 Å². The molecule has 0 atom stereocenters. The van der Waals surface area contributed by atoms with Gasteiger partial charge in [-0.25, -0.2) is 4.98 Å². The number of benzene rings is 2. The van der Waals surface area contributed by atoms with E-state index in [4.69, 9.17) is 11.6 Å². The van der Waals surface area contributed by atoms with E-state index in [-0.39, 0.29) is 5.91 Å². The number of halogens is 1. The molecule has 0 saturated heterocycles. The zero-order chi connectivity index (χ0) is 18.8. The first kappa shape index (κ1) is 17.6. The summed E-state index contributed by atoms with van der Waals surface area (Å²) in [5, 5.41) is 3.54. The maximum atomic E-state index is 12.6. The monoisotopic (exact) mass is 377 g/mol. The molecule has 0 saturated carbocycles. The van der Waals surface area contributed by atoms with Gasteiger partial charge in [0.1, 0.15) is 5.82 Å². The van der Waals surface area contributed by atoms with Gasteiger partial charge >= 0.3 is 0 Å². The molecule has 1 amide bonds. The van der Waals surface area contributed by atoms with Gasteiger partial charge in [0.15, 0.2) is 0 Å². The number of carbonyl (C=O) groups excluding carboxylic acids is 1. The van der Waals surface area contributed by atoms with Gasteiger partial charge in [-0.05, 0) is 54.3 Å². The fourth-order valence-corrected chi connectivity index (χ4v) is 3.48. The van der Waals surface area contributed by atoms with Crippen molar-refractivity contribution >= 4 is 29.0 Å². The Balaban J connectivity index is 1.52. The highest BCUT2D eigenvalue weighted by atomic mass is 35.5. The van der Waals surface area contributed by atoms with Crippen molar-refractivity contribution in [1.82, 2.24) is 4.98 Å². The summed E-state index contributed by atoms with van der Waals surface area (Å²) in [7, 11) is 0. The summed E-state index contributed by atoms with van der Waals surface area (Å²) in [4.78, 5) is 19.3. The molecule has 4 rings (SSSR count). The predicted octanol–water partition coefficient (Wildman–Crippen LogP) is 4.86. The number of aromatic nitrogens is 1. The van der Waals surface area contributed by atoms with E-state index in [0.717, 1.165) is 30.9 Å². The molecule has 0 aliphatic carbocycles. The Morgan fingerprint density at radius 2 is 1.93 bits per heavy atom. The predicted molar refractivity (Wildman–Crippen MR) is 110 cm³/mol. The Kier molecular flexibility index (Phi) is 4.82. The van der Waals surface area contributed by atoms with Crippen molar-refractivity contribution in [2.75, 3.05) is 16.8 Å². The Morgan fingerprint density at radius 1 is 1.11 bits per heavy atom. The highest BCUT2D eigenvalue weighted by molar-refractivity contribution is 6.31. The number of hydrogen-bond acceptors (Lipinski definition) is 3. The molecule has 0 bridgehead atoms. The lowest BCUT2D eigenvalue weighted by Gasteiger charge is -2.29. The zero-order valence-electron chi connectivity index (χ0n) is 15.1. The first-order valence-electron chi connectivity index (χ1n) is 8.95. The van der Waals surface area contributed by atoms with Crippen LogP contribution < -0.4 is 10.2 Å². The van der Waals surface area contributed by atoms with Crippen molar-refractivity contribution in [3.63, 3.8) is 0 Å². The molecule has 0 fully saturated rings.